The molecule has 0 aromatic heterocycles. The Hall–Kier alpha value is -0.900. The number of hydrogen-bond acceptors (Lipinski definition) is 3. The van der Waals surface area contributed by atoms with Crippen molar-refractivity contribution in [3.8, 4) is 0 Å². The molecule has 0 saturated heterocycles. The Morgan fingerprint density at radius 3 is 2.67 bits per heavy atom. The minimum atomic E-state index is -0.423. The van der Waals surface area contributed by atoms with Crippen LogP contribution in [0.1, 0.15) is 24.8 Å². The fourth-order valence-corrected chi connectivity index (χ4v) is 1.72. The lowest BCUT2D eigenvalue weighted by atomic mass is 10.2. The van der Waals surface area contributed by atoms with E-state index in [1.54, 1.807) is 0 Å². The molecule has 1 fully saturated rings. The van der Waals surface area contributed by atoms with E-state index in [0.717, 1.165) is 18.1 Å². The van der Waals surface area contributed by atoms with Crippen molar-refractivity contribution in [2.24, 2.45) is 5.92 Å². The van der Waals surface area contributed by atoms with E-state index in [0.29, 0.717) is 26.2 Å². The van der Waals surface area contributed by atoms with Crippen LogP contribution in [0, 0.1) is 5.92 Å². The summed E-state index contributed by atoms with van der Waals surface area (Å²) in [7, 11) is 0. The van der Waals surface area contributed by atoms with E-state index in [1.165, 1.54) is 12.8 Å². The lowest BCUT2D eigenvalue weighted by Gasteiger charge is -2.11. The average molecular weight is 250 g/mol. The summed E-state index contributed by atoms with van der Waals surface area (Å²) in [4.78, 5) is 0. The number of aliphatic hydroxyl groups is 1. The third kappa shape index (κ3) is 5.63. The zero-order chi connectivity index (χ0) is 12.6. The van der Waals surface area contributed by atoms with E-state index < -0.39 is 6.10 Å². The number of benzene rings is 1. The zero-order valence-electron chi connectivity index (χ0n) is 10.8. The van der Waals surface area contributed by atoms with Crippen molar-refractivity contribution in [3.05, 3.63) is 35.9 Å². The monoisotopic (exact) mass is 250 g/mol. The molecule has 3 nitrogen and oxygen atoms in total. The van der Waals surface area contributed by atoms with Gasteiger partial charge in [-0.15, -0.1) is 0 Å². The smallest absolute Gasteiger partial charge is 0.0795 e. The van der Waals surface area contributed by atoms with Gasteiger partial charge < -0.3 is 14.6 Å². The van der Waals surface area contributed by atoms with Gasteiger partial charge in [0.05, 0.1) is 19.3 Å². The number of aliphatic hydroxyl groups excluding tert-OH is 1. The molecule has 0 radical (unpaired) electrons. The van der Waals surface area contributed by atoms with Crippen molar-refractivity contribution >= 4 is 0 Å². The van der Waals surface area contributed by atoms with Gasteiger partial charge in [-0.1, -0.05) is 30.3 Å². The molecule has 2 rings (SSSR count). The third-order valence-corrected chi connectivity index (χ3v) is 3.07. The molecule has 1 aliphatic carbocycles. The van der Waals surface area contributed by atoms with Gasteiger partial charge in [0.15, 0.2) is 0 Å². The predicted octanol–water partition coefficient (Wildman–Crippen LogP) is 2.38. The van der Waals surface area contributed by atoms with Crippen LogP contribution >= 0.6 is 0 Å². The maximum absolute atomic E-state index is 9.70. The fourth-order valence-electron chi connectivity index (χ4n) is 1.72. The Bertz CT molecular complexity index is 322. The Morgan fingerprint density at radius 2 is 1.94 bits per heavy atom. The molecule has 1 atom stereocenters. The number of ether oxygens (including phenoxy) is 2. The second-order valence-electron chi connectivity index (χ2n) is 4.96. The predicted molar refractivity (Wildman–Crippen MR) is 70.3 cm³/mol. The van der Waals surface area contributed by atoms with E-state index in [4.69, 9.17) is 9.47 Å². The van der Waals surface area contributed by atoms with Gasteiger partial charge in [-0.2, -0.15) is 0 Å². The molecule has 0 amide bonds. The summed E-state index contributed by atoms with van der Waals surface area (Å²) in [6, 6.07) is 9.99. The van der Waals surface area contributed by atoms with Gasteiger partial charge in [-0.05, 0) is 30.7 Å². The van der Waals surface area contributed by atoms with E-state index >= 15 is 0 Å². The molecular weight excluding hydrogens is 228 g/mol. The van der Waals surface area contributed by atoms with Crippen LogP contribution in [0.2, 0.25) is 0 Å². The molecule has 0 aliphatic heterocycles. The average Bonchev–Trinajstić information content (AvgIpc) is 3.20. The summed E-state index contributed by atoms with van der Waals surface area (Å²) in [6.45, 7) is 2.42. The second kappa shape index (κ2) is 7.52. The highest BCUT2D eigenvalue weighted by atomic mass is 16.5. The SMILES string of the molecule is OC(CCOCC1CC1)COCc1ccccc1. The number of rotatable bonds is 9. The summed E-state index contributed by atoms with van der Waals surface area (Å²) in [5.41, 5.74) is 1.13. The lowest BCUT2D eigenvalue weighted by molar-refractivity contribution is 0.00631. The summed E-state index contributed by atoms with van der Waals surface area (Å²) in [5.74, 6) is 0.788. The topological polar surface area (TPSA) is 38.7 Å². The largest absolute Gasteiger partial charge is 0.391 e. The maximum Gasteiger partial charge on any atom is 0.0795 e. The van der Waals surface area contributed by atoms with Crippen LogP contribution in [0.25, 0.3) is 0 Å². The highest BCUT2D eigenvalue weighted by Gasteiger charge is 2.21. The Morgan fingerprint density at radius 1 is 1.17 bits per heavy atom. The van der Waals surface area contributed by atoms with Crippen LogP contribution in [0.3, 0.4) is 0 Å². The molecule has 1 saturated carbocycles. The number of hydrogen-bond donors (Lipinski definition) is 1. The van der Waals surface area contributed by atoms with Gasteiger partial charge in [0, 0.05) is 13.2 Å². The lowest BCUT2D eigenvalue weighted by Crippen LogP contribution is -2.18. The van der Waals surface area contributed by atoms with Crippen molar-refractivity contribution in [1.82, 2.24) is 0 Å². The van der Waals surface area contributed by atoms with Gasteiger partial charge in [-0.3, -0.25) is 0 Å². The van der Waals surface area contributed by atoms with Gasteiger partial charge in [0.25, 0.3) is 0 Å². The first-order valence-electron chi connectivity index (χ1n) is 6.72. The molecule has 0 heterocycles. The van der Waals surface area contributed by atoms with Crippen LogP contribution in [0.15, 0.2) is 30.3 Å². The van der Waals surface area contributed by atoms with Gasteiger partial charge >= 0.3 is 0 Å². The summed E-state index contributed by atoms with van der Waals surface area (Å²) >= 11 is 0. The molecule has 1 aromatic rings. The first-order valence-corrected chi connectivity index (χ1v) is 6.72. The minimum absolute atomic E-state index is 0.377. The second-order valence-corrected chi connectivity index (χ2v) is 4.96. The molecule has 18 heavy (non-hydrogen) atoms. The Labute approximate surface area is 109 Å². The molecule has 1 N–H and O–H groups in total. The summed E-state index contributed by atoms with van der Waals surface area (Å²) in [6.07, 6.45) is 2.85. The zero-order valence-corrected chi connectivity index (χ0v) is 10.8. The van der Waals surface area contributed by atoms with Crippen LogP contribution in [0.4, 0.5) is 0 Å². The minimum Gasteiger partial charge on any atom is -0.391 e. The van der Waals surface area contributed by atoms with Crippen LogP contribution in [-0.2, 0) is 16.1 Å². The van der Waals surface area contributed by atoms with E-state index in [1.807, 2.05) is 30.3 Å². The van der Waals surface area contributed by atoms with Crippen molar-refractivity contribution in [3.63, 3.8) is 0 Å². The molecule has 1 unspecified atom stereocenters. The molecule has 1 aromatic carbocycles. The normalized spacial score (nSPS) is 16.7. The molecule has 0 bridgehead atoms. The quantitative estimate of drug-likeness (QED) is 0.684. The molecule has 1 aliphatic rings. The Balaban J connectivity index is 1.47. The molecule has 100 valence electrons. The summed E-state index contributed by atoms with van der Waals surface area (Å²) in [5, 5.41) is 9.70. The van der Waals surface area contributed by atoms with Crippen molar-refractivity contribution in [2.45, 2.75) is 32.0 Å². The van der Waals surface area contributed by atoms with Crippen LogP contribution < -0.4 is 0 Å². The van der Waals surface area contributed by atoms with Gasteiger partial charge in [0.2, 0.25) is 0 Å². The third-order valence-electron chi connectivity index (χ3n) is 3.07. The maximum atomic E-state index is 9.70. The van der Waals surface area contributed by atoms with Crippen LogP contribution in [-0.4, -0.2) is 31.0 Å². The fraction of sp³-hybridized carbons (Fsp3) is 0.600. The van der Waals surface area contributed by atoms with Crippen LogP contribution in [0.5, 0.6) is 0 Å². The van der Waals surface area contributed by atoms with Gasteiger partial charge in [-0.25, -0.2) is 0 Å². The first kappa shape index (κ1) is 13.5. The summed E-state index contributed by atoms with van der Waals surface area (Å²) < 4.78 is 10.9. The van der Waals surface area contributed by atoms with Crippen molar-refractivity contribution in [1.29, 1.82) is 0 Å². The van der Waals surface area contributed by atoms with E-state index in [2.05, 4.69) is 0 Å². The molecular formula is C15H22O3. The molecule has 3 heteroatoms. The van der Waals surface area contributed by atoms with Gasteiger partial charge in [0.1, 0.15) is 0 Å². The van der Waals surface area contributed by atoms with E-state index in [9.17, 15) is 5.11 Å². The highest BCUT2D eigenvalue weighted by molar-refractivity contribution is 5.13. The standard InChI is InChI=1S/C15H22O3/c16-15(8-9-17-10-14-6-7-14)12-18-11-13-4-2-1-3-5-13/h1-5,14-16H,6-12H2. The highest BCUT2D eigenvalue weighted by Crippen LogP contribution is 2.28. The van der Waals surface area contributed by atoms with Crippen molar-refractivity contribution in [2.75, 3.05) is 19.8 Å². The Kier molecular flexibility index (Phi) is 5.65. The molecule has 0 spiro atoms. The van der Waals surface area contributed by atoms with E-state index in [-0.39, 0.29) is 0 Å². The van der Waals surface area contributed by atoms with Crippen molar-refractivity contribution < 1.29 is 14.6 Å². The first-order chi connectivity index (χ1) is 8.84.